The number of aliphatic hydroxyl groups is 1. The molecule has 4 aliphatic carbocycles. The number of nitrogens with zero attached hydrogens (tertiary/aromatic N) is 1. The maximum atomic E-state index is 12.6. The van der Waals surface area contributed by atoms with E-state index in [1.807, 2.05) is 20.2 Å². The van der Waals surface area contributed by atoms with Crippen LogP contribution in [0.25, 0.3) is 0 Å². The minimum Gasteiger partial charge on any atom is -0.464 e. The average molecular weight is 621 g/mol. The largest absolute Gasteiger partial charge is 0.464 e. The van der Waals surface area contributed by atoms with Crippen molar-refractivity contribution in [2.75, 3.05) is 25.6 Å². The predicted molar refractivity (Wildman–Crippen MR) is 175 cm³/mol. The van der Waals surface area contributed by atoms with E-state index in [9.17, 15) is 19.5 Å². The van der Waals surface area contributed by atoms with E-state index in [0.29, 0.717) is 31.1 Å². The number of anilines is 1. The summed E-state index contributed by atoms with van der Waals surface area (Å²) < 4.78 is 10.8. The molecule has 45 heavy (non-hydrogen) atoms. The standard InChI is InChI=1S/C37H52N2O6/c1-23(38-34(42)45-35(2,3)4)33(41)44-20-8-18-37(43)19-17-31-29-15-11-25-21-27(40)14-16-28(25)32(29)30(22-36(31,37)5)24-9-12-26(13-10-24)39(6)7/h9-10,12-13,21,23,29-31,43H,8,11,14-20,22H2,1-7H3,(H,38,42)/t23-,29-,30+,31-,36+,37+/m0/s1. The van der Waals surface area contributed by atoms with E-state index in [0.717, 1.165) is 44.2 Å². The Balaban J connectivity index is 1.33. The summed E-state index contributed by atoms with van der Waals surface area (Å²) in [6, 6.07) is 8.03. The van der Waals surface area contributed by atoms with Crippen LogP contribution in [-0.4, -0.2) is 60.9 Å². The van der Waals surface area contributed by atoms with Crippen LogP contribution in [0.5, 0.6) is 0 Å². The number of rotatable bonds is 8. The molecule has 1 amide bonds. The first-order valence-corrected chi connectivity index (χ1v) is 16.7. The molecular formula is C37H52N2O6. The molecule has 5 rings (SSSR count). The maximum Gasteiger partial charge on any atom is 0.408 e. The molecule has 2 fully saturated rings. The van der Waals surface area contributed by atoms with Crippen LogP contribution < -0.4 is 10.2 Å². The fourth-order valence-corrected chi connectivity index (χ4v) is 8.67. The van der Waals surface area contributed by atoms with Gasteiger partial charge in [0.1, 0.15) is 11.6 Å². The summed E-state index contributed by atoms with van der Waals surface area (Å²) >= 11 is 0. The summed E-state index contributed by atoms with van der Waals surface area (Å²) in [5.41, 5.74) is 4.77. The Bertz CT molecular complexity index is 1370. The van der Waals surface area contributed by atoms with Crippen molar-refractivity contribution in [3.05, 3.63) is 52.6 Å². The van der Waals surface area contributed by atoms with Gasteiger partial charge in [0.15, 0.2) is 5.78 Å². The molecule has 0 spiro atoms. The lowest BCUT2D eigenvalue weighted by molar-refractivity contribution is -0.147. The van der Waals surface area contributed by atoms with Crippen molar-refractivity contribution in [2.24, 2.45) is 17.3 Å². The molecule has 0 heterocycles. The maximum absolute atomic E-state index is 12.6. The number of hydrogen-bond acceptors (Lipinski definition) is 7. The van der Waals surface area contributed by atoms with Crippen molar-refractivity contribution in [1.82, 2.24) is 5.32 Å². The Morgan fingerprint density at radius 1 is 1.11 bits per heavy atom. The van der Waals surface area contributed by atoms with E-state index >= 15 is 0 Å². The molecule has 0 aliphatic heterocycles. The highest BCUT2D eigenvalue weighted by molar-refractivity contribution is 5.93. The number of ketones is 1. The fraction of sp³-hybridized carbons (Fsp3) is 0.649. The normalized spacial score (nSPS) is 30.0. The van der Waals surface area contributed by atoms with Gasteiger partial charge in [-0.05, 0) is 126 Å². The van der Waals surface area contributed by atoms with Crippen LogP contribution in [0.1, 0.15) is 104 Å². The van der Waals surface area contributed by atoms with Crippen LogP contribution >= 0.6 is 0 Å². The molecule has 1 aromatic rings. The number of ether oxygens (including phenoxy) is 2. The molecule has 8 heteroatoms. The molecule has 0 unspecified atom stereocenters. The van der Waals surface area contributed by atoms with Crippen molar-refractivity contribution in [1.29, 1.82) is 0 Å². The van der Waals surface area contributed by atoms with Crippen LogP contribution in [0.4, 0.5) is 10.5 Å². The van der Waals surface area contributed by atoms with E-state index in [-0.39, 0.29) is 23.7 Å². The van der Waals surface area contributed by atoms with Crippen LogP contribution in [-0.2, 0) is 19.1 Å². The van der Waals surface area contributed by atoms with E-state index < -0.39 is 29.3 Å². The fourth-order valence-electron chi connectivity index (χ4n) is 8.67. The van der Waals surface area contributed by atoms with Crippen LogP contribution in [0.3, 0.4) is 0 Å². The topological polar surface area (TPSA) is 105 Å². The highest BCUT2D eigenvalue weighted by atomic mass is 16.6. The lowest BCUT2D eigenvalue weighted by Gasteiger charge is -2.55. The lowest BCUT2D eigenvalue weighted by Crippen LogP contribution is -2.51. The van der Waals surface area contributed by atoms with Crippen molar-refractivity contribution in [3.8, 4) is 0 Å². The van der Waals surface area contributed by atoms with Gasteiger partial charge in [-0.15, -0.1) is 0 Å². The molecule has 0 aromatic heterocycles. The average Bonchev–Trinajstić information content (AvgIpc) is 3.23. The first-order chi connectivity index (χ1) is 21.1. The highest BCUT2D eigenvalue weighted by Crippen LogP contribution is 2.67. The van der Waals surface area contributed by atoms with Gasteiger partial charge in [-0.25, -0.2) is 9.59 Å². The van der Waals surface area contributed by atoms with E-state index in [2.05, 4.69) is 41.4 Å². The number of esters is 1. The van der Waals surface area contributed by atoms with Gasteiger partial charge in [0.05, 0.1) is 12.2 Å². The molecular weight excluding hydrogens is 568 g/mol. The summed E-state index contributed by atoms with van der Waals surface area (Å²) in [6.45, 7) is 9.35. The zero-order valence-corrected chi connectivity index (χ0v) is 28.2. The summed E-state index contributed by atoms with van der Waals surface area (Å²) in [6.07, 6.45) is 8.22. The SMILES string of the molecule is C[C@H](NC(=O)OC(C)(C)C)C(=O)OCCC[C@@]1(O)CC[C@H]2[C@@H]3CCC4=CC(=O)CCC4=C3[C@@H](c3ccc(N(C)C)cc3)C[C@]21C. The second-order valence-electron chi connectivity index (χ2n) is 15.2. The molecule has 2 saturated carbocycles. The Kier molecular flexibility index (Phi) is 9.29. The summed E-state index contributed by atoms with van der Waals surface area (Å²) in [5, 5.41) is 14.9. The van der Waals surface area contributed by atoms with Gasteiger partial charge in [-0.2, -0.15) is 0 Å². The number of allylic oxidation sites excluding steroid dienone is 4. The third kappa shape index (κ3) is 6.72. The lowest BCUT2D eigenvalue weighted by atomic mass is 9.51. The third-order valence-corrected chi connectivity index (χ3v) is 10.9. The third-order valence-electron chi connectivity index (χ3n) is 10.9. The zero-order chi connectivity index (χ0) is 32.7. The molecule has 2 N–H and O–H groups in total. The van der Waals surface area contributed by atoms with Gasteiger partial charge < -0.3 is 24.8 Å². The zero-order valence-electron chi connectivity index (χ0n) is 28.2. The molecule has 1 aromatic carbocycles. The van der Waals surface area contributed by atoms with Gasteiger partial charge in [0, 0.05) is 37.5 Å². The number of hydrogen-bond donors (Lipinski definition) is 2. The summed E-state index contributed by atoms with van der Waals surface area (Å²) in [5.74, 6) is 0.653. The first-order valence-electron chi connectivity index (χ1n) is 16.7. The Morgan fingerprint density at radius 3 is 2.49 bits per heavy atom. The molecule has 0 saturated heterocycles. The minimum atomic E-state index is -0.874. The van der Waals surface area contributed by atoms with E-state index in [1.54, 1.807) is 27.7 Å². The number of carbonyl (C=O) groups is 3. The number of alkyl carbamates (subject to hydrolysis) is 1. The number of fused-ring (bicyclic) bond motifs is 4. The highest BCUT2D eigenvalue weighted by Gasteiger charge is 2.62. The molecule has 246 valence electrons. The second kappa shape index (κ2) is 12.6. The smallest absolute Gasteiger partial charge is 0.408 e. The van der Waals surface area contributed by atoms with Crippen molar-refractivity contribution in [3.63, 3.8) is 0 Å². The number of carbonyl (C=O) groups excluding carboxylic acids is 3. The van der Waals surface area contributed by atoms with Crippen molar-refractivity contribution >= 4 is 23.5 Å². The molecule has 0 radical (unpaired) electrons. The molecule has 4 aliphatic rings. The van der Waals surface area contributed by atoms with E-state index in [1.165, 1.54) is 22.3 Å². The van der Waals surface area contributed by atoms with Gasteiger partial charge in [0.2, 0.25) is 0 Å². The minimum absolute atomic E-state index is 0.179. The Hall–Kier alpha value is -3.13. The van der Waals surface area contributed by atoms with Gasteiger partial charge in [0.25, 0.3) is 0 Å². The second-order valence-corrected chi connectivity index (χ2v) is 15.2. The van der Waals surface area contributed by atoms with Gasteiger partial charge in [-0.1, -0.05) is 24.6 Å². The Morgan fingerprint density at radius 2 is 1.82 bits per heavy atom. The molecule has 8 nitrogen and oxygen atoms in total. The van der Waals surface area contributed by atoms with Crippen LogP contribution in [0, 0.1) is 17.3 Å². The molecule has 0 bridgehead atoms. The summed E-state index contributed by atoms with van der Waals surface area (Å²) in [7, 11) is 4.10. The van der Waals surface area contributed by atoms with Crippen LogP contribution in [0.2, 0.25) is 0 Å². The summed E-state index contributed by atoms with van der Waals surface area (Å²) in [4.78, 5) is 39.1. The van der Waals surface area contributed by atoms with Crippen molar-refractivity contribution in [2.45, 2.75) is 116 Å². The number of nitrogens with one attached hydrogen (secondary N) is 1. The van der Waals surface area contributed by atoms with Gasteiger partial charge in [-0.3, -0.25) is 4.79 Å². The number of benzene rings is 1. The van der Waals surface area contributed by atoms with Gasteiger partial charge >= 0.3 is 12.1 Å². The number of amides is 1. The van der Waals surface area contributed by atoms with Crippen LogP contribution in [0.15, 0.2) is 47.1 Å². The molecule has 6 atom stereocenters. The van der Waals surface area contributed by atoms with E-state index in [4.69, 9.17) is 9.47 Å². The van der Waals surface area contributed by atoms with Crippen molar-refractivity contribution < 1.29 is 29.0 Å². The monoisotopic (exact) mass is 620 g/mol. The predicted octanol–water partition coefficient (Wildman–Crippen LogP) is 6.62. The quantitative estimate of drug-likeness (QED) is 0.249. The first kappa shape index (κ1) is 33.2. The Labute approximate surface area is 268 Å².